The van der Waals surface area contributed by atoms with E-state index in [1.807, 2.05) is 0 Å². The van der Waals surface area contributed by atoms with Gasteiger partial charge in [-0.3, -0.25) is 0 Å². The van der Waals surface area contributed by atoms with Crippen LogP contribution in [0, 0.1) is 11.8 Å². The summed E-state index contributed by atoms with van der Waals surface area (Å²) in [5.41, 5.74) is 0.325. The molecule has 1 spiro atoms. The van der Waals surface area contributed by atoms with E-state index in [2.05, 4.69) is 13.8 Å². The number of hydrogen-bond donors (Lipinski definition) is 0. The molecule has 1 aliphatic heterocycles. The minimum absolute atomic E-state index is 0.325. The smallest absolute Gasteiger partial charge is 0.0686 e. The fourth-order valence-corrected chi connectivity index (χ4v) is 2.78. The lowest BCUT2D eigenvalue weighted by atomic mass is 9.72. The highest BCUT2D eigenvalue weighted by molar-refractivity contribution is 4.91. The van der Waals surface area contributed by atoms with Crippen LogP contribution in [0.3, 0.4) is 0 Å². The summed E-state index contributed by atoms with van der Waals surface area (Å²) in [5, 5.41) is 0. The van der Waals surface area contributed by atoms with E-state index in [0.29, 0.717) is 5.60 Å². The van der Waals surface area contributed by atoms with Crippen molar-refractivity contribution in [3.05, 3.63) is 0 Å². The van der Waals surface area contributed by atoms with Gasteiger partial charge in [0.15, 0.2) is 0 Å². The minimum atomic E-state index is 0.325. The molecule has 0 aromatic heterocycles. The zero-order valence-corrected chi connectivity index (χ0v) is 8.31. The third kappa shape index (κ3) is 1.39. The Morgan fingerprint density at radius 3 is 2.58 bits per heavy atom. The largest absolute Gasteiger partial charge is 0.375 e. The normalized spacial score (nSPS) is 48.5. The van der Waals surface area contributed by atoms with E-state index >= 15 is 0 Å². The number of rotatable bonds is 0. The highest BCUT2D eigenvalue weighted by Gasteiger charge is 2.40. The van der Waals surface area contributed by atoms with E-state index in [9.17, 15) is 0 Å². The second kappa shape index (κ2) is 3.02. The summed E-state index contributed by atoms with van der Waals surface area (Å²) in [4.78, 5) is 0. The highest BCUT2D eigenvalue weighted by atomic mass is 16.5. The van der Waals surface area contributed by atoms with Gasteiger partial charge in [-0.15, -0.1) is 0 Å². The first-order valence-electron chi connectivity index (χ1n) is 5.36. The molecule has 70 valence electrons. The topological polar surface area (TPSA) is 9.23 Å². The van der Waals surface area contributed by atoms with Crippen LogP contribution in [0.4, 0.5) is 0 Å². The van der Waals surface area contributed by atoms with Crippen LogP contribution < -0.4 is 0 Å². The monoisotopic (exact) mass is 168 g/mol. The van der Waals surface area contributed by atoms with E-state index in [1.165, 1.54) is 32.1 Å². The standard InChI is InChI=1S/C11H20O/c1-9-4-6-11(8-10(9)2)5-3-7-12-11/h9-10H,3-8H2,1-2H3. The summed E-state index contributed by atoms with van der Waals surface area (Å²) in [6.07, 6.45) is 6.62. The lowest BCUT2D eigenvalue weighted by molar-refractivity contribution is -0.0501. The van der Waals surface area contributed by atoms with Crippen molar-refractivity contribution in [1.82, 2.24) is 0 Å². The van der Waals surface area contributed by atoms with Gasteiger partial charge in [0.25, 0.3) is 0 Å². The maximum atomic E-state index is 5.90. The molecule has 1 nitrogen and oxygen atoms in total. The Morgan fingerprint density at radius 2 is 2.00 bits per heavy atom. The van der Waals surface area contributed by atoms with Crippen molar-refractivity contribution in [2.45, 2.75) is 51.6 Å². The third-order valence-electron chi connectivity index (χ3n) is 3.91. The van der Waals surface area contributed by atoms with Crippen molar-refractivity contribution in [3.8, 4) is 0 Å². The van der Waals surface area contributed by atoms with Crippen molar-refractivity contribution in [2.75, 3.05) is 6.61 Å². The van der Waals surface area contributed by atoms with Crippen molar-refractivity contribution in [3.63, 3.8) is 0 Å². The Labute approximate surface area is 75.5 Å². The van der Waals surface area contributed by atoms with Crippen LogP contribution in [0.2, 0.25) is 0 Å². The fourth-order valence-electron chi connectivity index (χ4n) is 2.78. The first-order valence-corrected chi connectivity index (χ1v) is 5.36. The molecule has 2 fully saturated rings. The molecule has 0 N–H and O–H groups in total. The third-order valence-corrected chi connectivity index (χ3v) is 3.91. The molecule has 0 amide bonds. The van der Waals surface area contributed by atoms with Crippen LogP contribution in [0.15, 0.2) is 0 Å². The predicted octanol–water partition coefficient (Wildman–Crippen LogP) is 2.99. The lowest BCUT2D eigenvalue weighted by Crippen LogP contribution is -2.36. The van der Waals surface area contributed by atoms with E-state index in [0.717, 1.165) is 18.4 Å². The Kier molecular flexibility index (Phi) is 2.16. The van der Waals surface area contributed by atoms with Gasteiger partial charge >= 0.3 is 0 Å². The van der Waals surface area contributed by atoms with Crippen LogP contribution in [-0.2, 0) is 4.74 Å². The highest BCUT2D eigenvalue weighted by Crippen LogP contribution is 2.43. The maximum Gasteiger partial charge on any atom is 0.0686 e. The van der Waals surface area contributed by atoms with Gasteiger partial charge in [0.1, 0.15) is 0 Å². The summed E-state index contributed by atoms with van der Waals surface area (Å²) < 4.78 is 5.90. The van der Waals surface area contributed by atoms with Crippen LogP contribution in [0.1, 0.15) is 46.0 Å². The predicted molar refractivity (Wildman–Crippen MR) is 50.1 cm³/mol. The molecule has 3 atom stereocenters. The fraction of sp³-hybridized carbons (Fsp3) is 1.00. The Bertz CT molecular complexity index is 158. The molecule has 0 aromatic rings. The molecular formula is C11H20O. The molecule has 1 heterocycles. The molecule has 12 heavy (non-hydrogen) atoms. The van der Waals surface area contributed by atoms with Gasteiger partial charge in [-0.2, -0.15) is 0 Å². The zero-order chi connectivity index (χ0) is 8.60. The molecule has 1 heteroatoms. The first kappa shape index (κ1) is 8.55. The lowest BCUT2D eigenvalue weighted by Gasteiger charge is -2.39. The van der Waals surface area contributed by atoms with Crippen molar-refractivity contribution >= 4 is 0 Å². The zero-order valence-electron chi connectivity index (χ0n) is 8.31. The maximum absolute atomic E-state index is 5.90. The molecule has 3 unspecified atom stereocenters. The average Bonchev–Trinajstić information content (AvgIpc) is 2.47. The minimum Gasteiger partial charge on any atom is -0.375 e. The number of ether oxygens (including phenoxy) is 1. The van der Waals surface area contributed by atoms with E-state index in [1.54, 1.807) is 0 Å². The quantitative estimate of drug-likeness (QED) is 0.540. The SMILES string of the molecule is CC1CCC2(CCCO2)CC1C. The summed E-state index contributed by atoms with van der Waals surface area (Å²) >= 11 is 0. The second-order valence-electron chi connectivity index (χ2n) is 4.83. The molecule has 1 saturated carbocycles. The van der Waals surface area contributed by atoms with Gasteiger partial charge < -0.3 is 4.74 Å². The Morgan fingerprint density at radius 1 is 1.17 bits per heavy atom. The Balaban J connectivity index is 2.01. The Hall–Kier alpha value is -0.0400. The molecular weight excluding hydrogens is 148 g/mol. The molecule has 1 aliphatic carbocycles. The van der Waals surface area contributed by atoms with Gasteiger partial charge in [-0.05, 0) is 43.9 Å². The summed E-state index contributed by atoms with van der Waals surface area (Å²) in [5.74, 6) is 1.79. The van der Waals surface area contributed by atoms with Crippen molar-refractivity contribution in [2.24, 2.45) is 11.8 Å². The van der Waals surface area contributed by atoms with Crippen molar-refractivity contribution < 1.29 is 4.74 Å². The van der Waals surface area contributed by atoms with Gasteiger partial charge in [0, 0.05) is 6.61 Å². The van der Waals surface area contributed by atoms with Crippen LogP contribution in [-0.4, -0.2) is 12.2 Å². The molecule has 2 rings (SSSR count). The second-order valence-corrected chi connectivity index (χ2v) is 4.83. The summed E-state index contributed by atoms with van der Waals surface area (Å²) in [6.45, 7) is 5.78. The van der Waals surface area contributed by atoms with Gasteiger partial charge in [0.05, 0.1) is 5.60 Å². The first-order chi connectivity index (χ1) is 5.72. The summed E-state index contributed by atoms with van der Waals surface area (Å²) in [6, 6.07) is 0. The van der Waals surface area contributed by atoms with Crippen LogP contribution in [0.5, 0.6) is 0 Å². The van der Waals surface area contributed by atoms with E-state index in [-0.39, 0.29) is 0 Å². The molecule has 1 saturated heterocycles. The van der Waals surface area contributed by atoms with E-state index < -0.39 is 0 Å². The van der Waals surface area contributed by atoms with Crippen LogP contribution in [0.25, 0.3) is 0 Å². The average molecular weight is 168 g/mol. The summed E-state index contributed by atoms with van der Waals surface area (Å²) in [7, 11) is 0. The number of hydrogen-bond acceptors (Lipinski definition) is 1. The van der Waals surface area contributed by atoms with Crippen molar-refractivity contribution in [1.29, 1.82) is 0 Å². The molecule has 2 aliphatic rings. The van der Waals surface area contributed by atoms with Gasteiger partial charge in [-0.25, -0.2) is 0 Å². The van der Waals surface area contributed by atoms with E-state index in [4.69, 9.17) is 4.74 Å². The van der Waals surface area contributed by atoms with Gasteiger partial charge in [-0.1, -0.05) is 13.8 Å². The molecule has 0 aromatic carbocycles. The van der Waals surface area contributed by atoms with Gasteiger partial charge in [0.2, 0.25) is 0 Å². The van der Waals surface area contributed by atoms with Crippen LogP contribution >= 0.6 is 0 Å². The molecule has 0 radical (unpaired) electrons. The molecule has 0 bridgehead atoms.